The number of nitrogens with zero attached hydrogens (tertiary/aromatic N) is 3. The van der Waals surface area contributed by atoms with Crippen molar-refractivity contribution in [3.63, 3.8) is 0 Å². The SMILES string of the molecule is c1ccc(-c2ccc(-c3nc(-c4ccc(-c5ccccc5)cc4)nc(-c4cccc5oc6c(-c7ccc(-c8cccc(-c9ccccc9)c8)cc7)cccc6c45)n3)cc2)cc1. The summed E-state index contributed by atoms with van der Waals surface area (Å²) in [7, 11) is 0. The molecule has 11 rings (SSSR count). The zero-order chi connectivity index (χ0) is 40.5. The van der Waals surface area contributed by atoms with Gasteiger partial charge in [0.25, 0.3) is 0 Å². The van der Waals surface area contributed by atoms with E-state index in [1.165, 1.54) is 16.7 Å². The Labute approximate surface area is 354 Å². The van der Waals surface area contributed by atoms with Crippen molar-refractivity contribution >= 4 is 21.9 Å². The molecule has 0 unspecified atom stereocenters. The van der Waals surface area contributed by atoms with Crippen molar-refractivity contribution in [2.75, 3.05) is 0 Å². The van der Waals surface area contributed by atoms with Crippen LogP contribution in [0.3, 0.4) is 0 Å². The van der Waals surface area contributed by atoms with Crippen molar-refractivity contribution in [1.82, 2.24) is 15.0 Å². The minimum atomic E-state index is 0.583. The lowest BCUT2D eigenvalue weighted by Gasteiger charge is -2.10. The number of fused-ring (bicyclic) bond motifs is 3. The maximum atomic E-state index is 6.75. The molecule has 9 aromatic carbocycles. The van der Waals surface area contributed by atoms with E-state index >= 15 is 0 Å². The third kappa shape index (κ3) is 6.96. The molecule has 0 aliphatic carbocycles. The second-order valence-electron chi connectivity index (χ2n) is 15.2. The van der Waals surface area contributed by atoms with Crippen LogP contribution in [0.15, 0.2) is 229 Å². The largest absolute Gasteiger partial charge is 0.455 e. The fourth-order valence-corrected chi connectivity index (χ4v) is 8.25. The molecule has 4 heteroatoms. The van der Waals surface area contributed by atoms with Crippen LogP contribution in [-0.4, -0.2) is 15.0 Å². The van der Waals surface area contributed by atoms with Crippen molar-refractivity contribution in [2.24, 2.45) is 0 Å². The summed E-state index contributed by atoms with van der Waals surface area (Å²) in [6.45, 7) is 0. The zero-order valence-electron chi connectivity index (χ0n) is 33.1. The van der Waals surface area contributed by atoms with Gasteiger partial charge in [-0.1, -0.05) is 212 Å². The lowest BCUT2D eigenvalue weighted by Crippen LogP contribution is -2.00. The molecule has 0 spiro atoms. The van der Waals surface area contributed by atoms with E-state index < -0.39 is 0 Å². The summed E-state index contributed by atoms with van der Waals surface area (Å²) in [5, 5.41) is 1.97. The van der Waals surface area contributed by atoms with Crippen LogP contribution in [0.5, 0.6) is 0 Å². The molecule has 286 valence electrons. The summed E-state index contributed by atoms with van der Waals surface area (Å²) in [5.41, 5.74) is 15.7. The van der Waals surface area contributed by atoms with Crippen molar-refractivity contribution in [2.45, 2.75) is 0 Å². The van der Waals surface area contributed by atoms with Crippen LogP contribution in [0.25, 0.3) is 112 Å². The van der Waals surface area contributed by atoms with Gasteiger partial charge in [-0.15, -0.1) is 0 Å². The van der Waals surface area contributed by atoms with E-state index in [-0.39, 0.29) is 0 Å². The molecule has 0 amide bonds. The first-order valence-electron chi connectivity index (χ1n) is 20.5. The Morgan fingerprint density at radius 2 is 0.639 bits per heavy atom. The van der Waals surface area contributed by atoms with Gasteiger partial charge in [0, 0.05) is 33.0 Å². The molecule has 0 bridgehead atoms. The van der Waals surface area contributed by atoms with Gasteiger partial charge >= 0.3 is 0 Å². The minimum absolute atomic E-state index is 0.583. The highest BCUT2D eigenvalue weighted by atomic mass is 16.3. The van der Waals surface area contributed by atoms with Crippen LogP contribution in [0.2, 0.25) is 0 Å². The number of hydrogen-bond acceptors (Lipinski definition) is 4. The van der Waals surface area contributed by atoms with E-state index in [4.69, 9.17) is 19.4 Å². The third-order valence-corrected chi connectivity index (χ3v) is 11.4. The summed E-state index contributed by atoms with van der Waals surface area (Å²) >= 11 is 0. The van der Waals surface area contributed by atoms with Gasteiger partial charge in [0.1, 0.15) is 11.2 Å². The molecule has 0 atom stereocenters. The van der Waals surface area contributed by atoms with Gasteiger partial charge in [0.2, 0.25) is 0 Å². The van der Waals surface area contributed by atoms with Crippen LogP contribution < -0.4 is 0 Å². The topological polar surface area (TPSA) is 51.8 Å². The average Bonchev–Trinajstić information content (AvgIpc) is 3.74. The summed E-state index contributed by atoms with van der Waals surface area (Å²) in [6.07, 6.45) is 0. The van der Waals surface area contributed by atoms with E-state index in [0.717, 1.165) is 77.6 Å². The molecule has 2 aromatic heterocycles. The highest BCUT2D eigenvalue weighted by Crippen LogP contribution is 2.41. The first kappa shape index (κ1) is 35.9. The Bertz CT molecular complexity index is 3200. The van der Waals surface area contributed by atoms with E-state index in [1.54, 1.807) is 0 Å². The van der Waals surface area contributed by atoms with Crippen LogP contribution in [0.4, 0.5) is 0 Å². The highest BCUT2D eigenvalue weighted by Gasteiger charge is 2.20. The highest BCUT2D eigenvalue weighted by molar-refractivity contribution is 6.15. The number of hydrogen-bond donors (Lipinski definition) is 0. The molecule has 0 aliphatic heterocycles. The van der Waals surface area contributed by atoms with Crippen molar-refractivity contribution < 1.29 is 4.42 Å². The fraction of sp³-hybridized carbons (Fsp3) is 0. The van der Waals surface area contributed by atoms with Gasteiger partial charge in [-0.2, -0.15) is 0 Å². The predicted molar refractivity (Wildman–Crippen MR) is 251 cm³/mol. The van der Waals surface area contributed by atoms with Crippen LogP contribution in [0.1, 0.15) is 0 Å². The second-order valence-corrected chi connectivity index (χ2v) is 15.2. The third-order valence-electron chi connectivity index (χ3n) is 11.4. The standard InChI is InChI=1S/C57H37N3O/c1-4-13-38(14-5-1)41-27-33-45(34-28-41)55-58-56(46-35-29-42(30-36-46)39-15-6-2-7-16-39)60-57(59-55)51-23-12-24-52-53(51)50-22-11-21-49(54(50)61-52)44-31-25-43(26-32-44)48-20-10-19-47(37-48)40-17-8-3-9-18-40/h1-37H. The van der Waals surface area contributed by atoms with E-state index in [9.17, 15) is 0 Å². The Hall–Kier alpha value is -8.21. The van der Waals surface area contributed by atoms with Crippen molar-refractivity contribution in [1.29, 1.82) is 0 Å². The number of furan rings is 1. The van der Waals surface area contributed by atoms with Crippen LogP contribution in [-0.2, 0) is 0 Å². The quantitative estimate of drug-likeness (QED) is 0.154. The Morgan fingerprint density at radius 3 is 1.18 bits per heavy atom. The lowest BCUT2D eigenvalue weighted by atomic mass is 9.96. The minimum Gasteiger partial charge on any atom is -0.455 e. The Balaban J connectivity index is 1.00. The van der Waals surface area contributed by atoms with Crippen molar-refractivity contribution in [3.8, 4) is 89.8 Å². The summed E-state index contributed by atoms with van der Waals surface area (Å²) in [5.74, 6) is 1.79. The van der Waals surface area contributed by atoms with Crippen molar-refractivity contribution in [3.05, 3.63) is 224 Å². The summed E-state index contributed by atoms with van der Waals surface area (Å²) in [4.78, 5) is 15.5. The fourth-order valence-electron chi connectivity index (χ4n) is 8.25. The Kier molecular flexibility index (Phi) is 9.14. The molecule has 0 aliphatic rings. The second kappa shape index (κ2) is 15.5. The van der Waals surface area contributed by atoms with Gasteiger partial charge in [-0.3, -0.25) is 0 Å². The van der Waals surface area contributed by atoms with Crippen LogP contribution in [0, 0.1) is 0 Å². The molecule has 0 radical (unpaired) electrons. The predicted octanol–water partition coefficient (Wildman–Crippen LogP) is 15.1. The van der Waals surface area contributed by atoms with E-state index in [1.807, 2.05) is 30.3 Å². The first-order valence-corrected chi connectivity index (χ1v) is 20.5. The Morgan fingerprint density at radius 1 is 0.262 bits per heavy atom. The average molecular weight is 780 g/mol. The number of benzene rings is 9. The summed E-state index contributed by atoms with van der Waals surface area (Å²) in [6, 6.07) is 78.1. The first-order chi connectivity index (χ1) is 30.2. The molecule has 0 saturated carbocycles. The maximum Gasteiger partial charge on any atom is 0.164 e. The zero-order valence-corrected chi connectivity index (χ0v) is 33.1. The smallest absolute Gasteiger partial charge is 0.164 e. The number of rotatable bonds is 8. The van der Waals surface area contributed by atoms with Gasteiger partial charge in [0.15, 0.2) is 17.5 Å². The van der Waals surface area contributed by atoms with E-state index in [0.29, 0.717) is 17.5 Å². The molecule has 0 fully saturated rings. The molecule has 2 heterocycles. The maximum absolute atomic E-state index is 6.75. The van der Waals surface area contributed by atoms with E-state index in [2.05, 4.69) is 194 Å². The monoisotopic (exact) mass is 779 g/mol. The molecular formula is C57H37N3O. The van der Waals surface area contributed by atoms with Gasteiger partial charge < -0.3 is 4.42 Å². The van der Waals surface area contributed by atoms with Crippen LogP contribution >= 0.6 is 0 Å². The molecule has 61 heavy (non-hydrogen) atoms. The normalized spacial score (nSPS) is 11.3. The van der Waals surface area contributed by atoms with Gasteiger partial charge in [-0.05, 0) is 62.2 Å². The molecule has 0 saturated heterocycles. The number of aromatic nitrogens is 3. The molecule has 11 aromatic rings. The van der Waals surface area contributed by atoms with Gasteiger partial charge in [-0.25, -0.2) is 15.0 Å². The molecule has 4 nitrogen and oxygen atoms in total. The molecule has 0 N–H and O–H groups in total. The van der Waals surface area contributed by atoms with Gasteiger partial charge in [0.05, 0.1) is 0 Å². The molecular weight excluding hydrogens is 743 g/mol. The summed E-state index contributed by atoms with van der Waals surface area (Å²) < 4.78 is 6.75. The number of para-hydroxylation sites is 1. The lowest BCUT2D eigenvalue weighted by molar-refractivity contribution is 0.670.